The minimum absolute atomic E-state index is 0.0277. The maximum Gasteiger partial charge on any atom is 0.414 e. The van der Waals surface area contributed by atoms with Gasteiger partial charge in [0.2, 0.25) is 11.8 Å². The number of piperidine rings is 1. The van der Waals surface area contributed by atoms with Gasteiger partial charge in [0.15, 0.2) is 0 Å². The van der Waals surface area contributed by atoms with Crippen LogP contribution in [0.3, 0.4) is 0 Å². The third-order valence-corrected chi connectivity index (χ3v) is 4.68. The number of ether oxygens (including phenoxy) is 1. The van der Waals surface area contributed by atoms with Gasteiger partial charge in [-0.05, 0) is 40.2 Å². The van der Waals surface area contributed by atoms with Crippen LogP contribution in [0.2, 0.25) is 0 Å². The highest BCUT2D eigenvalue weighted by atomic mass is 19.1. The molecular weight excluding hydrogens is 395 g/mol. The Labute approximate surface area is 171 Å². The first-order valence-corrected chi connectivity index (χ1v) is 9.42. The highest BCUT2D eigenvalue weighted by Crippen LogP contribution is 2.27. The molecule has 0 spiro atoms. The van der Waals surface area contributed by atoms with Gasteiger partial charge in [0, 0.05) is 19.5 Å². The Morgan fingerprint density at radius 3 is 2.57 bits per heavy atom. The van der Waals surface area contributed by atoms with Crippen LogP contribution in [-0.2, 0) is 14.3 Å². The monoisotopic (exact) mass is 418 g/mol. The van der Waals surface area contributed by atoms with Crippen molar-refractivity contribution in [2.24, 2.45) is 0 Å². The summed E-state index contributed by atoms with van der Waals surface area (Å²) in [6.45, 7) is 6.57. The molecule has 3 rings (SSSR count). The molecule has 1 aromatic heterocycles. The maximum atomic E-state index is 14.3. The molecule has 0 radical (unpaired) electrons. The molecule has 0 aliphatic carbocycles. The van der Waals surface area contributed by atoms with Gasteiger partial charge in [0.05, 0.1) is 16.6 Å². The van der Waals surface area contributed by atoms with Crippen LogP contribution in [-0.4, -0.2) is 40.1 Å². The molecule has 1 aromatic carbocycles. The lowest BCUT2D eigenvalue weighted by Crippen LogP contribution is -2.45. The molecule has 1 aliphatic heterocycles. The van der Waals surface area contributed by atoms with E-state index in [9.17, 15) is 23.6 Å². The fraction of sp³-hybridized carbons (Fsp3) is 0.450. The van der Waals surface area contributed by atoms with E-state index in [0.717, 1.165) is 17.0 Å². The lowest BCUT2D eigenvalue weighted by atomic mass is 10.0. The van der Waals surface area contributed by atoms with E-state index in [4.69, 9.17) is 4.74 Å². The summed E-state index contributed by atoms with van der Waals surface area (Å²) in [6.07, 6.45) is -0.562. The number of carbonyl (C=O) groups is 3. The van der Waals surface area contributed by atoms with E-state index in [-0.39, 0.29) is 35.3 Å². The molecule has 1 fully saturated rings. The Kier molecular flexibility index (Phi) is 5.36. The third-order valence-electron chi connectivity index (χ3n) is 4.68. The summed E-state index contributed by atoms with van der Waals surface area (Å²) >= 11 is 0. The molecule has 1 atom stereocenters. The number of aryl methyl sites for hydroxylation is 1. The number of aromatic nitrogens is 2. The molecule has 1 saturated heterocycles. The van der Waals surface area contributed by atoms with Gasteiger partial charge in [-0.25, -0.2) is 14.2 Å². The Morgan fingerprint density at radius 2 is 1.97 bits per heavy atom. The van der Waals surface area contributed by atoms with E-state index in [1.807, 2.05) is 0 Å². The van der Waals surface area contributed by atoms with Crippen LogP contribution in [0, 0.1) is 12.7 Å². The number of nitrogens with zero attached hydrogens (tertiary/aromatic N) is 3. The lowest BCUT2D eigenvalue weighted by molar-refractivity contribution is -0.135. The quantitative estimate of drug-likeness (QED) is 0.749. The van der Waals surface area contributed by atoms with Crippen molar-refractivity contribution in [3.63, 3.8) is 0 Å². The van der Waals surface area contributed by atoms with Gasteiger partial charge in [-0.15, -0.1) is 0 Å². The van der Waals surface area contributed by atoms with Crippen molar-refractivity contribution in [3.8, 4) is 0 Å². The number of hydrogen-bond acceptors (Lipinski definition) is 6. The molecular formula is C20H23FN4O5. The average Bonchev–Trinajstić information content (AvgIpc) is 2.60. The van der Waals surface area contributed by atoms with Gasteiger partial charge in [-0.2, -0.15) is 0 Å². The summed E-state index contributed by atoms with van der Waals surface area (Å²) in [6, 6.07) is 1.20. The standard InChI is InChI=1S/C20H23FN4O5/c1-10-22-12-8-11(21)9-14(24(5)19(29)30-20(2,3)4)16(12)18(28)25(10)13-6-7-15(26)23-17(13)27/h8-9,13H,6-7H2,1-5H3,(H,23,26,27). The molecule has 1 N–H and O–H groups in total. The second-order valence-electron chi connectivity index (χ2n) is 8.16. The van der Waals surface area contributed by atoms with Gasteiger partial charge in [-0.1, -0.05) is 0 Å². The molecule has 0 saturated carbocycles. The highest BCUT2D eigenvalue weighted by molar-refractivity contribution is 6.01. The van der Waals surface area contributed by atoms with Crippen LogP contribution in [0.15, 0.2) is 16.9 Å². The van der Waals surface area contributed by atoms with Crippen LogP contribution in [0.25, 0.3) is 10.9 Å². The molecule has 30 heavy (non-hydrogen) atoms. The number of amides is 3. The Balaban J connectivity index is 2.20. The Bertz CT molecular complexity index is 1120. The normalized spacial score (nSPS) is 17.1. The smallest absolute Gasteiger partial charge is 0.414 e. The summed E-state index contributed by atoms with van der Waals surface area (Å²) in [5, 5.41) is 2.18. The van der Waals surface area contributed by atoms with Gasteiger partial charge in [0.25, 0.3) is 5.56 Å². The fourth-order valence-electron chi connectivity index (χ4n) is 3.37. The average molecular weight is 418 g/mol. The number of halogens is 1. The molecule has 10 heteroatoms. The van der Waals surface area contributed by atoms with Crippen LogP contribution < -0.4 is 15.8 Å². The molecule has 1 unspecified atom stereocenters. The lowest BCUT2D eigenvalue weighted by Gasteiger charge is -2.27. The second kappa shape index (κ2) is 7.51. The minimum atomic E-state index is -0.933. The zero-order valence-electron chi connectivity index (χ0n) is 17.4. The van der Waals surface area contributed by atoms with E-state index in [0.29, 0.717) is 0 Å². The number of rotatable bonds is 2. The SMILES string of the molecule is Cc1nc2cc(F)cc(N(C)C(=O)OC(C)(C)C)c2c(=O)n1C1CCC(=O)NC1=O. The van der Waals surface area contributed by atoms with Crippen LogP contribution in [0.5, 0.6) is 0 Å². The van der Waals surface area contributed by atoms with Crippen LogP contribution >= 0.6 is 0 Å². The number of hydrogen-bond donors (Lipinski definition) is 1. The zero-order chi connectivity index (χ0) is 22.4. The van der Waals surface area contributed by atoms with Gasteiger partial charge in [0.1, 0.15) is 23.3 Å². The number of benzene rings is 1. The van der Waals surface area contributed by atoms with Crippen molar-refractivity contribution in [1.82, 2.24) is 14.9 Å². The number of imide groups is 1. The van der Waals surface area contributed by atoms with Crippen molar-refractivity contribution in [2.75, 3.05) is 11.9 Å². The largest absolute Gasteiger partial charge is 0.443 e. The second-order valence-corrected chi connectivity index (χ2v) is 8.16. The molecule has 2 heterocycles. The van der Waals surface area contributed by atoms with E-state index >= 15 is 0 Å². The van der Waals surface area contributed by atoms with Gasteiger partial charge in [-0.3, -0.25) is 29.2 Å². The third kappa shape index (κ3) is 4.03. The maximum absolute atomic E-state index is 14.3. The Morgan fingerprint density at radius 1 is 1.30 bits per heavy atom. The molecule has 2 aromatic rings. The first-order valence-electron chi connectivity index (χ1n) is 9.42. The Hall–Kier alpha value is -3.30. The summed E-state index contributed by atoms with van der Waals surface area (Å²) in [5.41, 5.74) is -1.39. The number of anilines is 1. The number of fused-ring (bicyclic) bond motifs is 1. The molecule has 0 bridgehead atoms. The molecule has 1 aliphatic rings. The zero-order valence-corrected chi connectivity index (χ0v) is 17.4. The summed E-state index contributed by atoms with van der Waals surface area (Å²) in [4.78, 5) is 55.0. The first-order chi connectivity index (χ1) is 13.9. The van der Waals surface area contributed by atoms with Crippen molar-refractivity contribution in [2.45, 2.75) is 52.2 Å². The van der Waals surface area contributed by atoms with E-state index in [1.165, 1.54) is 18.5 Å². The van der Waals surface area contributed by atoms with Gasteiger partial charge < -0.3 is 4.74 Å². The minimum Gasteiger partial charge on any atom is -0.443 e. The van der Waals surface area contributed by atoms with Crippen LogP contribution in [0.4, 0.5) is 14.9 Å². The van der Waals surface area contributed by atoms with Crippen molar-refractivity contribution in [1.29, 1.82) is 0 Å². The van der Waals surface area contributed by atoms with E-state index in [1.54, 1.807) is 20.8 Å². The summed E-state index contributed by atoms with van der Waals surface area (Å²) in [7, 11) is 1.36. The summed E-state index contributed by atoms with van der Waals surface area (Å²) < 4.78 is 20.7. The van der Waals surface area contributed by atoms with Crippen molar-refractivity contribution < 1.29 is 23.5 Å². The number of carbonyl (C=O) groups excluding carboxylic acids is 3. The van der Waals surface area contributed by atoms with E-state index < -0.39 is 40.9 Å². The van der Waals surface area contributed by atoms with Crippen molar-refractivity contribution in [3.05, 3.63) is 34.1 Å². The van der Waals surface area contributed by atoms with Crippen LogP contribution in [0.1, 0.15) is 45.5 Å². The predicted octanol–water partition coefficient (Wildman–Crippen LogP) is 2.19. The van der Waals surface area contributed by atoms with E-state index in [2.05, 4.69) is 10.3 Å². The topological polar surface area (TPSA) is 111 Å². The van der Waals surface area contributed by atoms with Gasteiger partial charge >= 0.3 is 6.09 Å². The number of nitrogens with one attached hydrogen (secondary N) is 1. The highest BCUT2D eigenvalue weighted by Gasteiger charge is 2.32. The summed E-state index contributed by atoms with van der Waals surface area (Å²) in [5.74, 6) is -1.51. The first kappa shape index (κ1) is 21.4. The predicted molar refractivity (Wildman–Crippen MR) is 107 cm³/mol. The molecule has 3 amide bonds. The fourth-order valence-corrected chi connectivity index (χ4v) is 3.37. The molecule has 9 nitrogen and oxygen atoms in total. The molecule has 160 valence electrons. The van der Waals surface area contributed by atoms with Crippen molar-refractivity contribution >= 4 is 34.5 Å².